The maximum atomic E-state index is 12.9. The molecule has 0 unspecified atom stereocenters. The number of nitrogens with zero attached hydrogens (tertiary/aromatic N) is 4. The molecule has 7 heteroatoms. The number of anilines is 1. The van der Waals surface area contributed by atoms with Crippen LogP contribution in [0.15, 0.2) is 42.6 Å². The monoisotopic (exact) mass is 351 g/mol. The minimum Gasteiger partial charge on any atom is -0.497 e. The second kappa shape index (κ2) is 6.67. The van der Waals surface area contributed by atoms with E-state index in [4.69, 9.17) is 10.5 Å². The van der Waals surface area contributed by atoms with Crippen LogP contribution >= 0.6 is 0 Å². The van der Waals surface area contributed by atoms with Crippen LogP contribution in [-0.4, -0.2) is 45.6 Å². The van der Waals surface area contributed by atoms with Crippen molar-refractivity contribution in [1.82, 2.24) is 19.5 Å². The molecule has 7 nitrogen and oxygen atoms in total. The van der Waals surface area contributed by atoms with E-state index in [-0.39, 0.29) is 11.8 Å². The van der Waals surface area contributed by atoms with Crippen molar-refractivity contribution in [3.8, 4) is 5.75 Å². The average Bonchev–Trinajstić information content (AvgIpc) is 3.17. The minimum absolute atomic E-state index is 0.0204. The van der Waals surface area contributed by atoms with Gasteiger partial charge in [0.25, 0.3) is 5.91 Å². The highest BCUT2D eigenvalue weighted by molar-refractivity contribution is 5.94. The van der Waals surface area contributed by atoms with Crippen molar-refractivity contribution < 1.29 is 9.53 Å². The molecule has 4 rings (SSSR count). The molecule has 0 bridgehead atoms. The summed E-state index contributed by atoms with van der Waals surface area (Å²) in [6.45, 7) is 1.38. The number of ether oxygens (including phenoxy) is 1. The van der Waals surface area contributed by atoms with E-state index in [0.29, 0.717) is 23.8 Å². The Morgan fingerprint density at radius 1 is 1.31 bits per heavy atom. The quantitative estimate of drug-likeness (QED) is 0.783. The second-order valence-corrected chi connectivity index (χ2v) is 6.53. The van der Waals surface area contributed by atoms with E-state index >= 15 is 0 Å². The molecule has 0 saturated carbocycles. The molecule has 1 aliphatic rings. The Hall–Kier alpha value is -3.09. The third-order valence-corrected chi connectivity index (χ3v) is 4.87. The number of hydrogen-bond donors (Lipinski definition) is 1. The highest BCUT2D eigenvalue weighted by Crippen LogP contribution is 2.28. The fourth-order valence-corrected chi connectivity index (χ4v) is 3.53. The largest absolute Gasteiger partial charge is 0.497 e. The Labute approximate surface area is 151 Å². The number of nitrogen functional groups attached to an aromatic ring is 1. The smallest absolute Gasteiger partial charge is 0.254 e. The maximum Gasteiger partial charge on any atom is 0.254 e. The number of nitrogens with two attached hydrogens (primary N) is 1. The maximum absolute atomic E-state index is 12.9. The summed E-state index contributed by atoms with van der Waals surface area (Å²) in [6, 6.07) is 11.2. The van der Waals surface area contributed by atoms with Crippen LogP contribution in [0.4, 0.5) is 5.95 Å². The highest BCUT2D eigenvalue weighted by Gasteiger charge is 2.27. The zero-order valence-corrected chi connectivity index (χ0v) is 14.6. The Morgan fingerprint density at radius 2 is 2.19 bits per heavy atom. The normalized spacial score (nSPS) is 17.4. The van der Waals surface area contributed by atoms with E-state index in [1.807, 2.05) is 35.2 Å². The lowest BCUT2D eigenvalue weighted by Crippen LogP contribution is -2.39. The van der Waals surface area contributed by atoms with Crippen LogP contribution in [-0.2, 0) is 0 Å². The third-order valence-electron chi connectivity index (χ3n) is 4.87. The van der Waals surface area contributed by atoms with Gasteiger partial charge in [-0.1, -0.05) is 6.07 Å². The lowest BCUT2D eigenvalue weighted by atomic mass is 9.93. The molecule has 2 aromatic heterocycles. The number of amides is 1. The summed E-state index contributed by atoms with van der Waals surface area (Å²) in [6.07, 6.45) is 3.63. The van der Waals surface area contributed by atoms with Crippen molar-refractivity contribution in [2.24, 2.45) is 0 Å². The number of rotatable bonds is 3. The molecule has 0 spiro atoms. The second-order valence-electron chi connectivity index (χ2n) is 6.53. The van der Waals surface area contributed by atoms with Crippen molar-refractivity contribution >= 4 is 17.4 Å². The summed E-state index contributed by atoms with van der Waals surface area (Å²) in [7, 11) is 1.60. The van der Waals surface area contributed by atoms with Gasteiger partial charge >= 0.3 is 0 Å². The van der Waals surface area contributed by atoms with E-state index in [9.17, 15) is 4.79 Å². The van der Waals surface area contributed by atoms with Gasteiger partial charge in [-0.05, 0) is 43.2 Å². The van der Waals surface area contributed by atoms with Crippen LogP contribution in [0.5, 0.6) is 5.75 Å². The number of aromatic nitrogens is 3. The number of benzene rings is 1. The van der Waals surface area contributed by atoms with Gasteiger partial charge in [0.1, 0.15) is 5.75 Å². The molecule has 0 aliphatic carbocycles. The molecule has 1 atom stereocenters. The van der Waals surface area contributed by atoms with Crippen LogP contribution in [0.25, 0.3) is 5.52 Å². The number of hydrogen-bond acceptors (Lipinski definition) is 5. The summed E-state index contributed by atoms with van der Waals surface area (Å²) >= 11 is 0. The fourth-order valence-electron chi connectivity index (χ4n) is 3.53. The summed E-state index contributed by atoms with van der Waals surface area (Å²) in [5.41, 5.74) is 8.50. The molecule has 3 aromatic rings. The summed E-state index contributed by atoms with van der Waals surface area (Å²) in [5, 5.41) is 4.16. The first-order valence-electron chi connectivity index (χ1n) is 8.69. The van der Waals surface area contributed by atoms with Crippen LogP contribution in [0, 0.1) is 0 Å². The van der Waals surface area contributed by atoms with Gasteiger partial charge in [-0.3, -0.25) is 4.79 Å². The van der Waals surface area contributed by atoms with Crippen LogP contribution < -0.4 is 10.5 Å². The lowest BCUT2D eigenvalue weighted by Gasteiger charge is -2.32. The zero-order valence-electron chi connectivity index (χ0n) is 14.6. The first-order valence-corrected chi connectivity index (χ1v) is 8.69. The van der Waals surface area contributed by atoms with Crippen LogP contribution in [0.3, 0.4) is 0 Å². The van der Waals surface area contributed by atoms with Crippen molar-refractivity contribution in [1.29, 1.82) is 0 Å². The number of likely N-dealkylation sites (tertiary alicyclic amines) is 1. The van der Waals surface area contributed by atoms with Gasteiger partial charge in [0, 0.05) is 24.6 Å². The van der Waals surface area contributed by atoms with Gasteiger partial charge in [-0.2, -0.15) is 5.10 Å². The highest BCUT2D eigenvalue weighted by atomic mass is 16.5. The molecule has 1 aliphatic heterocycles. The fraction of sp³-hybridized carbons (Fsp3) is 0.316. The number of fused-ring (bicyclic) bond motifs is 1. The molecule has 1 aromatic carbocycles. The molecular weight excluding hydrogens is 330 g/mol. The van der Waals surface area contributed by atoms with Crippen molar-refractivity contribution in [2.45, 2.75) is 18.8 Å². The number of carbonyl (C=O) groups is 1. The van der Waals surface area contributed by atoms with Crippen LogP contribution in [0.2, 0.25) is 0 Å². The van der Waals surface area contributed by atoms with Gasteiger partial charge in [0.15, 0.2) is 0 Å². The van der Waals surface area contributed by atoms with Gasteiger partial charge in [-0.15, -0.1) is 0 Å². The summed E-state index contributed by atoms with van der Waals surface area (Å²) in [4.78, 5) is 19.3. The van der Waals surface area contributed by atoms with Crippen molar-refractivity contribution in [3.05, 3.63) is 53.9 Å². The van der Waals surface area contributed by atoms with Gasteiger partial charge in [0.2, 0.25) is 5.95 Å². The van der Waals surface area contributed by atoms with Crippen molar-refractivity contribution in [2.75, 3.05) is 25.9 Å². The van der Waals surface area contributed by atoms with E-state index < -0.39 is 0 Å². The number of carbonyl (C=O) groups excluding carboxylic acids is 1. The molecule has 134 valence electrons. The van der Waals surface area contributed by atoms with Crippen molar-refractivity contribution in [3.63, 3.8) is 0 Å². The first kappa shape index (κ1) is 16.4. The Bertz CT molecular complexity index is 952. The zero-order chi connectivity index (χ0) is 18.1. The van der Waals surface area contributed by atoms with E-state index in [2.05, 4.69) is 10.1 Å². The topological polar surface area (TPSA) is 85.8 Å². The van der Waals surface area contributed by atoms with E-state index in [1.165, 1.54) is 0 Å². The molecule has 0 radical (unpaired) electrons. The first-order chi connectivity index (χ1) is 12.7. The molecule has 1 saturated heterocycles. The van der Waals surface area contributed by atoms with Crippen LogP contribution in [0.1, 0.15) is 34.8 Å². The summed E-state index contributed by atoms with van der Waals surface area (Å²) in [5.74, 6) is 1.25. The van der Waals surface area contributed by atoms with E-state index in [0.717, 1.165) is 30.6 Å². The number of piperidine rings is 1. The SMILES string of the molecule is COc1cccc(C(=O)N2CCC[C@@H](c3cc4ccnn4c(N)n3)C2)c1. The average molecular weight is 351 g/mol. The predicted octanol–water partition coefficient (Wildman–Crippen LogP) is 2.34. The van der Waals surface area contributed by atoms with E-state index in [1.54, 1.807) is 23.9 Å². The molecule has 1 amide bonds. The summed E-state index contributed by atoms with van der Waals surface area (Å²) < 4.78 is 6.84. The third kappa shape index (κ3) is 2.96. The van der Waals surface area contributed by atoms with Gasteiger partial charge in [-0.25, -0.2) is 9.50 Å². The minimum atomic E-state index is 0.0204. The predicted molar refractivity (Wildman–Crippen MR) is 98.3 cm³/mol. The molecule has 3 heterocycles. The molecule has 2 N–H and O–H groups in total. The molecule has 26 heavy (non-hydrogen) atoms. The standard InChI is InChI=1S/C19H21N5O2/c1-26-16-6-2-4-13(10-16)18(25)23-9-3-5-14(12-23)17-11-15-7-8-21-24(15)19(20)22-17/h2,4,6-8,10-11,14H,3,5,9,12H2,1H3,(H2,20,22)/t14-/m1/s1. The molecule has 1 fully saturated rings. The van der Waals surface area contributed by atoms with Gasteiger partial charge < -0.3 is 15.4 Å². The Balaban J connectivity index is 1.57. The number of methoxy groups -OCH3 is 1. The Morgan fingerprint density at radius 3 is 3.04 bits per heavy atom. The molecular formula is C19H21N5O2. The Kier molecular flexibility index (Phi) is 4.20. The lowest BCUT2D eigenvalue weighted by molar-refractivity contribution is 0.0705. The van der Waals surface area contributed by atoms with Gasteiger partial charge in [0.05, 0.1) is 24.5 Å².